The Morgan fingerprint density at radius 3 is 2.39 bits per heavy atom. The zero-order valence-corrected chi connectivity index (χ0v) is 11.3. The third kappa shape index (κ3) is 3.03. The first kappa shape index (κ1) is 12.9. The van der Waals surface area contributed by atoms with Crippen LogP contribution in [0.2, 0.25) is 0 Å². The molecule has 1 aromatic carbocycles. The quantitative estimate of drug-likeness (QED) is 0.874. The standard InChI is InChI=1S/C15H22N2O/c1-17(2)14(18)16-15(10-6-7-11-15)12-13-8-4-3-5-9-13/h3-5,8-9H,6-7,10-12H2,1-2H3,(H,16,18). The number of amides is 2. The third-order valence-corrected chi connectivity index (χ3v) is 3.72. The van der Waals surface area contributed by atoms with Crippen molar-refractivity contribution in [1.29, 1.82) is 0 Å². The zero-order chi connectivity index (χ0) is 13.0. The van der Waals surface area contributed by atoms with E-state index in [2.05, 4.69) is 29.6 Å². The number of hydrogen-bond donors (Lipinski definition) is 1. The highest BCUT2D eigenvalue weighted by molar-refractivity contribution is 5.74. The van der Waals surface area contributed by atoms with Crippen molar-refractivity contribution in [3.05, 3.63) is 35.9 Å². The number of benzene rings is 1. The average molecular weight is 246 g/mol. The van der Waals surface area contributed by atoms with Gasteiger partial charge in [-0.1, -0.05) is 43.2 Å². The summed E-state index contributed by atoms with van der Waals surface area (Å²) in [5.41, 5.74) is 1.27. The summed E-state index contributed by atoms with van der Waals surface area (Å²) in [5.74, 6) is 0. The van der Waals surface area contributed by atoms with E-state index in [-0.39, 0.29) is 11.6 Å². The highest BCUT2D eigenvalue weighted by Gasteiger charge is 2.35. The molecule has 0 spiro atoms. The van der Waals surface area contributed by atoms with E-state index >= 15 is 0 Å². The van der Waals surface area contributed by atoms with Crippen LogP contribution in [0.4, 0.5) is 4.79 Å². The molecule has 0 aliphatic heterocycles. The van der Waals surface area contributed by atoms with Crippen LogP contribution in [-0.4, -0.2) is 30.6 Å². The Bertz CT molecular complexity index is 394. The first-order valence-electron chi connectivity index (χ1n) is 6.65. The van der Waals surface area contributed by atoms with E-state index in [1.54, 1.807) is 19.0 Å². The molecule has 1 aliphatic rings. The van der Waals surface area contributed by atoms with Crippen molar-refractivity contribution in [3.63, 3.8) is 0 Å². The van der Waals surface area contributed by atoms with Gasteiger partial charge in [0.1, 0.15) is 0 Å². The summed E-state index contributed by atoms with van der Waals surface area (Å²) < 4.78 is 0. The normalized spacial score (nSPS) is 17.4. The predicted octanol–water partition coefficient (Wildman–Crippen LogP) is 2.81. The smallest absolute Gasteiger partial charge is 0.317 e. The van der Waals surface area contributed by atoms with Crippen molar-refractivity contribution in [2.45, 2.75) is 37.6 Å². The lowest BCUT2D eigenvalue weighted by atomic mass is 9.89. The van der Waals surface area contributed by atoms with Crippen molar-refractivity contribution < 1.29 is 4.79 Å². The van der Waals surface area contributed by atoms with Gasteiger partial charge in [0.25, 0.3) is 0 Å². The van der Waals surface area contributed by atoms with Gasteiger partial charge in [0.05, 0.1) is 0 Å². The SMILES string of the molecule is CN(C)C(=O)NC1(Cc2ccccc2)CCCC1. The molecule has 0 heterocycles. The minimum absolute atomic E-state index is 0.0211. The molecule has 0 atom stereocenters. The van der Waals surface area contributed by atoms with Gasteiger partial charge >= 0.3 is 6.03 Å². The van der Waals surface area contributed by atoms with Crippen LogP contribution in [-0.2, 0) is 6.42 Å². The molecule has 1 aromatic rings. The van der Waals surface area contributed by atoms with Gasteiger partial charge in [-0.25, -0.2) is 4.79 Å². The summed E-state index contributed by atoms with van der Waals surface area (Å²) in [7, 11) is 3.58. The first-order valence-corrected chi connectivity index (χ1v) is 6.65. The molecule has 98 valence electrons. The molecule has 2 rings (SSSR count). The molecular formula is C15H22N2O. The largest absolute Gasteiger partial charge is 0.332 e. The number of nitrogens with one attached hydrogen (secondary N) is 1. The molecule has 0 unspecified atom stereocenters. The van der Waals surface area contributed by atoms with Gasteiger partial charge in [-0.2, -0.15) is 0 Å². The molecular weight excluding hydrogens is 224 g/mol. The van der Waals surface area contributed by atoms with E-state index in [0.717, 1.165) is 19.3 Å². The highest BCUT2D eigenvalue weighted by atomic mass is 16.2. The second-order valence-corrected chi connectivity index (χ2v) is 5.47. The number of hydrogen-bond acceptors (Lipinski definition) is 1. The van der Waals surface area contributed by atoms with Crippen LogP contribution in [0.15, 0.2) is 30.3 Å². The molecule has 1 fully saturated rings. The predicted molar refractivity (Wildman–Crippen MR) is 73.6 cm³/mol. The second kappa shape index (κ2) is 5.42. The fourth-order valence-electron chi connectivity index (χ4n) is 2.72. The van der Waals surface area contributed by atoms with Crippen LogP contribution >= 0.6 is 0 Å². The highest BCUT2D eigenvalue weighted by Crippen LogP contribution is 2.32. The van der Waals surface area contributed by atoms with Gasteiger partial charge in [-0.3, -0.25) is 0 Å². The minimum atomic E-state index is -0.0390. The Morgan fingerprint density at radius 1 is 1.22 bits per heavy atom. The molecule has 3 heteroatoms. The molecule has 1 saturated carbocycles. The van der Waals surface area contributed by atoms with Crippen molar-refractivity contribution in [2.75, 3.05) is 14.1 Å². The monoisotopic (exact) mass is 246 g/mol. The van der Waals surface area contributed by atoms with Crippen LogP contribution in [0.25, 0.3) is 0 Å². The van der Waals surface area contributed by atoms with Crippen LogP contribution in [0.5, 0.6) is 0 Å². The van der Waals surface area contributed by atoms with E-state index in [9.17, 15) is 4.79 Å². The molecule has 0 radical (unpaired) electrons. The molecule has 18 heavy (non-hydrogen) atoms. The maximum Gasteiger partial charge on any atom is 0.317 e. The summed E-state index contributed by atoms with van der Waals surface area (Å²) in [4.78, 5) is 13.5. The van der Waals surface area contributed by atoms with Gasteiger partial charge in [0, 0.05) is 19.6 Å². The summed E-state index contributed by atoms with van der Waals surface area (Å²) in [6.45, 7) is 0. The van der Waals surface area contributed by atoms with E-state index < -0.39 is 0 Å². The lowest BCUT2D eigenvalue weighted by molar-refractivity contribution is 0.200. The zero-order valence-electron chi connectivity index (χ0n) is 11.3. The minimum Gasteiger partial charge on any atom is -0.332 e. The van der Waals surface area contributed by atoms with Crippen LogP contribution in [0.3, 0.4) is 0 Å². The summed E-state index contributed by atoms with van der Waals surface area (Å²) in [6, 6.07) is 10.5. The summed E-state index contributed by atoms with van der Waals surface area (Å²) in [6.07, 6.45) is 5.53. The fourth-order valence-corrected chi connectivity index (χ4v) is 2.72. The van der Waals surface area contributed by atoms with E-state index in [4.69, 9.17) is 0 Å². The van der Waals surface area contributed by atoms with Gasteiger partial charge in [0.15, 0.2) is 0 Å². The van der Waals surface area contributed by atoms with Crippen LogP contribution in [0, 0.1) is 0 Å². The number of nitrogens with zero attached hydrogens (tertiary/aromatic N) is 1. The van der Waals surface area contributed by atoms with Gasteiger partial charge < -0.3 is 10.2 Å². The fraction of sp³-hybridized carbons (Fsp3) is 0.533. The third-order valence-electron chi connectivity index (χ3n) is 3.72. The summed E-state index contributed by atoms with van der Waals surface area (Å²) >= 11 is 0. The maximum absolute atomic E-state index is 11.9. The Hall–Kier alpha value is -1.51. The number of carbonyl (C=O) groups excluding carboxylic acids is 1. The number of rotatable bonds is 3. The van der Waals surface area contributed by atoms with Crippen LogP contribution < -0.4 is 5.32 Å². The van der Waals surface area contributed by atoms with E-state index in [1.165, 1.54) is 18.4 Å². The molecule has 2 amide bonds. The lowest BCUT2D eigenvalue weighted by Crippen LogP contribution is -2.51. The van der Waals surface area contributed by atoms with E-state index in [1.807, 2.05) is 6.07 Å². The van der Waals surface area contributed by atoms with Crippen molar-refractivity contribution in [1.82, 2.24) is 10.2 Å². The first-order chi connectivity index (χ1) is 8.61. The molecule has 0 saturated heterocycles. The number of carbonyl (C=O) groups is 1. The Kier molecular flexibility index (Phi) is 3.90. The maximum atomic E-state index is 11.9. The molecule has 0 aromatic heterocycles. The Labute approximate surface area is 109 Å². The number of urea groups is 1. The lowest BCUT2D eigenvalue weighted by Gasteiger charge is -2.32. The molecule has 1 aliphatic carbocycles. The van der Waals surface area contributed by atoms with E-state index in [0.29, 0.717) is 0 Å². The summed E-state index contributed by atoms with van der Waals surface area (Å²) in [5, 5.41) is 3.23. The van der Waals surface area contributed by atoms with Gasteiger partial charge in [-0.15, -0.1) is 0 Å². The molecule has 0 bridgehead atoms. The Morgan fingerprint density at radius 2 is 1.83 bits per heavy atom. The Balaban J connectivity index is 2.10. The van der Waals surface area contributed by atoms with Gasteiger partial charge in [0.2, 0.25) is 0 Å². The van der Waals surface area contributed by atoms with Crippen molar-refractivity contribution >= 4 is 6.03 Å². The van der Waals surface area contributed by atoms with Crippen molar-refractivity contribution in [3.8, 4) is 0 Å². The van der Waals surface area contributed by atoms with Gasteiger partial charge in [-0.05, 0) is 24.8 Å². The molecule has 3 nitrogen and oxygen atoms in total. The van der Waals surface area contributed by atoms with Crippen molar-refractivity contribution in [2.24, 2.45) is 0 Å². The second-order valence-electron chi connectivity index (χ2n) is 5.47. The molecule has 1 N–H and O–H groups in total. The topological polar surface area (TPSA) is 32.3 Å². The van der Waals surface area contributed by atoms with Crippen LogP contribution in [0.1, 0.15) is 31.2 Å². The average Bonchev–Trinajstić information content (AvgIpc) is 2.78.